The molecule has 0 unspecified atom stereocenters. The highest BCUT2D eigenvalue weighted by atomic mass is 19.1. The van der Waals surface area contributed by atoms with Crippen molar-refractivity contribution in [2.75, 3.05) is 0 Å². The molecule has 8 heteroatoms. The Morgan fingerprint density at radius 2 is 2.03 bits per heavy atom. The molecule has 3 heterocycles. The molecule has 1 aliphatic heterocycles. The van der Waals surface area contributed by atoms with Gasteiger partial charge in [0.15, 0.2) is 5.82 Å². The van der Waals surface area contributed by atoms with Crippen LogP contribution >= 0.6 is 0 Å². The van der Waals surface area contributed by atoms with Crippen molar-refractivity contribution in [3.05, 3.63) is 66.0 Å². The SMILES string of the molecule is CC(C)c1nn(-c2cnccn2)c(-c2ccc(F)cc2)c1/C=C/[C@@H]1C[C@@H](O)CC(=O)O1. The highest BCUT2D eigenvalue weighted by Crippen LogP contribution is 2.33. The quantitative estimate of drug-likeness (QED) is 0.631. The second-order valence-electron chi connectivity index (χ2n) is 7.77. The molecule has 0 bridgehead atoms. The number of hydrogen-bond donors (Lipinski definition) is 1. The molecule has 3 aromatic rings. The lowest BCUT2D eigenvalue weighted by Gasteiger charge is -2.23. The molecular formula is C23H23FN4O3. The van der Waals surface area contributed by atoms with Crippen LogP contribution in [0, 0.1) is 5.82 Å². The summed E-state index contributed by atoms with van der Waals surface area (Å²) in [6.45, 7) is 4.05. The molecule has 0 amide bonds. The molecular weight excluding hydrogens is 399 g/mol. The Morgan fingerprint density at radius 3 is 2.68 bits per heavy atom. The Kier molecular flexibility index (Phi) is 5.90. The number of aliphatic hydroxyl groups excluding tert-OH is 1. The number of aliphatic hydroxyl groups is 1. The molecule has 31 heavy (non-hydrogen) atoms. The van der Waals surface area contributed by atoms with Crippen molar-refractivity contribution in [2.24, 2.45) is 0 Å². The molecule has 160 valence electrons. The van der Waals surface area contributed by atoms with E-state index >= 15 is 0 Å². The normalized spacial score (nSPS) is 19.2. The van der Waals surface area contributed by atoms with E-state index in [0.717, 1.165) is 22.5 Å². The van der Waals surface area contributed by atoms with Gasteiger partial charge in [0.05, 0.1) is 30.1 Å². The van der Waals surface area contributed by atoms with Crippen molar-refractivity contribution in [1.82, 2.24) is 19.7 Å². The Morgan fingerprint density at radius 1 is 1.26 bits per heavy atom. The monoisotopic (exact) mass is 422 g/mol. The molecule has 7 nitrogen and oxygen atoms in total. The zero-order valence-corrected chi connectivity index (χ0v) is 17.3. The van der Waals surface area contributed by atoms with Crippen LogP contribution in [0.3, 0.4) is 0 Å². The summed E-state index contributed by atoms with van der Waals surface area (Å²) < 4.78 is 20.6. The number of halogens is 1. The Hall–Kier alpha value is -3.39. The summed E-state index contributed by atoms with van der Waals surface area (Å²) in [4.78, 5) is 20.2. The average Bonchev–Trinajstić information content (AvgIpc) is 3.12. The highest BCUT2D eigenvalue weighted by Gasteiger charge is 2.26. The first kappa shape index (κ1) is 20.9. The van der Waals surface area contributed by atoms with Gasteiger partial charge < -0.3 is 9.84 Å². The van der Waals surface area contributed by atoms with E-state index in [-0.39, 0.29) is 18.2 Å². The third kappa shape index (κ3) is 4.54. The highest BCUT2D eigenvalue weighted by molar-refractivity contribution is 5.76. The fourth-order valence-corrected chi connectivity index (χ4v) is 3.62. The summed E-state index contributed by atoms with van der Waals surface area (Å²) in [7, 11) is 0. The van der Waals surface area contributed by atoms with Gasteiger partial charge in [0.25, 0.3) is 0 Å². The molecule has 1 saturated heterocycles. The van der Waals surface area contributed by atoms with E-state index in [2.05, 4.69) is 9.97 Å². The van der Waals surface area contributed by atoms with E-state index in [4.69, 9.17) is 9.84 Å². The number of benzene rings is 1. The topological polar surface area (TPSA) is 90.1 Å². The first-order chi connectivity index (χ1) is 14.9. The van der Waals surface area contributed by atoms with Crippen LogP contribution in [0.15, 0.2) is 48.9 Å². The zero-order valence-electron chi connectivity index (χ0n) is 17.3. The molecule has 1 aromatic carbocycles. The number of hydrogen-bond acceptors (Lipinski definition) is 6. The van der Waals surface area contributed by atoms with Gasteiger partial charge in [-0.2, -0.15) is 5.10 Å². The van der Waals surface area contributed by atoms with Gasteiger partial charge in [0.1, 0.15) is 11.9 Å². The van der Waals surface area contributed by atoms with Gasteiger partial charge in [-0.05, 0) is 36.3 Å². The molecule has 0 saturated carbocycles. The van der Waals surface area contributed by atoms with Gasteiger partial charge in [-0.15, -0.1) is 0 Å². The average molecular weight is 422 g/mol. The smallest absolute Gasteiger partial charge is 0.309 e. The number of ether oxygens (including phenoxy) is 1. The first-order valence-corrected chi connectivity index (χ1v) is 10.1. The molecule has 4 rings (SSSR count). The summed E-state index contributed by atoms with van der Waals surface area (Å²) in [5, 5.41) is 14.7. The van der Waals surface area contributed by atoms with Crippen molar-refractivity contribution in [2.45, 2.75) is 44.8 Å². The number of rotatable bonds is 5. The van der Waals surface area contributed by atoms with Crippen LogP contribution in [0.4, 0.5) is 4.39 Å². The standard InChI is InChI=1S/C23H23FN4O3/c1-14(2)22-19(8-7-18-11-17(29)12-21(30)31-18)23(15-3-5-16(24)6-4-15)28(27-22)20-13-25-9-10-26-20/h3-10,13-14,17-18,29H,11-12H2,1-2H3/b8-7+/t17-,18-/m1/s1. The number of cyclic esters (lactones) is 1. The van der Waals surface area contributed by atoms with E-state index in [9.17, 15) is 14.3 Å². The van der Waals surface area contributed by atoms with Gasteiger partial charge in [0.2, 0.25) is 0 Å². The number of aromatic nitrogens is 4. The Balaban J connectivity index is 1.86. The molecule has 1 aliphatic rings. The summed E-state index contributed by atoms with van der Waals surface area (Å²) in [6, 6.07) is 6.16. The van der Waals surface area contributed by atoms with E-state index in [1.54, 1.807) is 41.5 Å². The summed E-state index contributed by atoms with van der Waals surface area (Å²) in [5.41, 5.74) is 3.10. The number of carbonyl (C=O) groups is 1. The fraction of sp³-hybridized carbons (Fsp3) is 0.304. The lowest BCUT2D eigenvalue weighted by Crippen LogP contribution is -2.31. The van der Waals surface area contributed by atoms with Crippen LogP contribution in [0.2, 0.25) is 0 Å². The Bertz CT molecular complexity index is 1090. The number of nitrogens with zero attached hydrogens (tertiary/aromatic N) is 4. The summed E-state index contributed by atoms with van der Waals surface area (Å²) in [6.07, 6.45) is 7.47. The van der Waals surface area contributed by atoms with Crippen LogP contribution in [0.5, 0.6) is 0 Å². The van der Waals surface area contributed by atoms with Crippen molar-refractivity contribution >= 4 is 12.0 Å². The largest absolute Gasteiger partial charge is 0.458 e. The van der Waals surface area contributed by atoms with Crippen molar-refractivity contribution < 1.29 is 19.0 Å². The van der Waals surface area contributed by atoms with Gasteiger partial charge in [0, 0.05) is 29.9 Å². The lowest BCUT2D eigenvalue weighted by molar-refractivity contribution is -0.156. The minimum Gasteiger partial charge on any atom is -0.458 e. The van der Waals surface area contributed by atoms with Crippen LogP contribution in [-0.4, -0.2) is 43.0 Å². The number of esters is 1. The maximum atomic E-state index is 13.6. The van der Waals surface area contributed by atoms with Crippen molar-refractivity contribution in [1.29, 1.82) is 0 Å². The molecule has 2 aromatic heterocycles. The van der Waals surface area contributed by atoms with E-state index in [1.807, 2.05) is 19.9 Å². The second kappa shape index (κ2) is 8.77. The van der Waals surface area contributed by atoms with E-state index in [0.29, 0.717) is 12.2 Å². The van der Waals surface area contributed by atoms with Crippen LogP contribution in [0.25, 0.3) is 23.2 Å². The van der Waals surface area contributed by atoms with Crippen molar-refractivity contribution in [3.8, 4) is 17.1 Å². The maximum absolute atomic E-state index is 13.6. The van der Waals surface area contributed by atoms with E-state index in [1.165, 1.54) is 12.1 Å². The second-order valence-corrected chi connectivity index (χ2v) is 7.77. The summed E-state index contributed by atoms with van der Waals surface area (Å²) in [5.74, 6) is -0.149. The van der Waals surface area contributed by atoms with Crippen molar-refractivity contribution in [3.63, 3.8) is 0 Å². The number of carbonyl (C=O) groups excluding carboxylic acids is 1. The van der Waals surface area contributed by atoms with Crippen LogP contribution in [0.1, 0.15) is 43.9 Å². The predicted octanol–water partition coefficient (Wildman–Crippen LogP) is 3.67. The first-order valence-electron chi connectivity index (χ1n) is 10.1. The molecule has 0 spiro atoms. The fourth-order valence-electron chi connectivity index (χ4n) is 3.62. The zero-order chi connectivity index (χ0) is 22.0. The predicted molar refractivity (Wildman–Crippen MR) is 113 cm³/mol. The van der Waals surface area contributed by atoms with Gasteiger partial charge in [-0.1, -0.05) is 19.9 Å². The molecule has 1 N–H and O–H groups in total. The Labute approximate surface area is 179 Å². The minimum atomic E-state index is -0.723. The lowest BCUT2D eigenvalue weighted by atomic mass is 9.98. The summed E-state index contributed by atoms with van der Waals surface area (Å²) >= 11 is 0. The third-order valence-electron chi connectivity index (χ3n) is 5.05. The van der Waals surface area contributed by atoms with Gasteiger partial charge in [-0.3, -0.25) is 9.78 Å². The van der Waals surface area contributed by atoms with Crippen LogP contribution < -0.4 is 0 Å². The molecule has 0 radical (unpaired) electrons. The maximum Gasteiger partial charge on any atom is 0.309 e. The third-order valence-corrected chi connectivity index (χ3v) is 5.05. The van der Waals surface area contributed by atoms with Crippen LogP contribution in [-0.2, 0) is 9.53 Å². The molecule has 2 atom stereocenters. The molecule has 1 fully saturated rings. The molecule has 0 aliphatic carbocycles. The van der Waals surface area contributed by atoms with Gasteiger partial charge >= 0.3 is 5.97 Å². The van der Waals surface area contributed by atoms with Gasteiger partial charge in [-0.25, -0.2) is 14.1 Å². The van der Waals surface area contributed by atoms with E-state index < -0.39 is 18.2 Å². The minimum absolute atomic E-state index is 0.00697.